The van der Waals surface area contributed by atoms with Gasteiger partial charge in [0.15, 0.2) is 0 Å². The fraction of sp³-hybridized carbons (Fsp3) is 0.360. The largest absolute Gasteiger partial charge is 0.365 e. The van der Waals surface area contributed by atoms with Crippen LogP contribution in [0.3, 0.4) is 0 Å². The molecule has 1 aliphatic carbocycles. The highest BCUT2D eigenvalue weighted by molar-refractivity contribution is 8.82. The zero-order valence-corrected chi connectivity index (χ0v) is 21.3. The van der Waals surface area contributed by atoms with Crippen LogP contribution in [0, 0.1) is 5.82 Å². The Kier molecular flexibility index (Phi) is 7.84. The third kappa shape index (κ3) is 5.02. The number of hydrogen-bond donors (Lipinski definition) is 0. The number of anilines is 1. The molecule has 174 valence electrons. The van der Waals surface area contributed by atoms with Crippen LogP contribution in [0.2, 0.25) is 0 Å². The molecule has 0 N–H and O–H groups in total. The van der Waals surface area contributed by atoms with Gasteiger partial charge in [-0.15, -0.1) is 12.4 Å². The Bertz CT molecular complexity index is 1130. The Morgan fingerprint density at radius 2 is 2.00 bits per heavy atom. The Labute approximate surface area is 209 Å². The molecule has 0 saturated carbocycles. The molecule has 1 saturated heterocycles. The highest BCUT2D eigenvalue weighted by Gasteiger charge is 2.34. The van der Waals surface area contributed by atoms with Gasteiger partial charge in [-0.05, 0) is 71.7 Å². The molecule has 0 spiro atoms. The lowest BCUT2D eigenvalue weighted by Crippen LogP contribution is -2.51. The first-order valence-electron chi connectivity index (χ1n) is 11.2. The summed E-state index contributed by atoms with van der Waals surface area (Å²) in [6.07, 6.45) is 4.69. The van der Waals surface area contributed by atoms with Crippen molar-refractivity contribution in [3.63, 3.8) is 0 Å². The first-order chi connectivity index (χ1) is 15.6. The summed E-state index contributed by atoms with van der Waals surface area (Å²) in [7, 11) is 5.78. The zero-order chi connectivity index (χ0) is 22.1. The predicted octanol–water partition coefficient (Wildman–Crippen LogP) is 6.69. The lowest BCUT2D eigenvalue weighted by molar-refractivity contribution is 0.208. The number of fused-ring (bicyclic) bond motifs is 3. The number of hydrogen-bond acceptors (Lipinski definition) is 6. The minimum atomic E-state index is -0.157. The highest BCUT2D eigenvalue weighted by atomic mass is 35.5. The van der Waals surface area contributed by atoms with Crippen molar-refractivity contribution in [2.45, 2.75) is 37.1 Å². The molecule has 3 heterocycles. The Morgan fingerprint density at radius 1 is 1.12 bits per heavy atom. The van der Waals surface area contributed by atoms with Gasteiger partial charge in [0.05, 0.1) is 21.3 Å². The van der Waals surface area contributed by atoms with E-state index in [1.807, 2.05) is 29.1 Å². The third-order valence-corrected chi connectivity index (χ3v) is 8.90. The number of nitrogens with zero attached hydrogens (tertiary/aromatic N) is 4. The van der Waals surface area contributed by atoms with Gasteiger partial charge < -0.3 is 4.90 Å². The lowest BCUT2D eigenvalue weighted by atomic mass is 10.0. The summed E-state index contributed by atoms with van der Waals surface area (Å²) >= 11 is 0. The van der Waals surface area contributed by atoms with E-state index in [-0.39, 0.29) is 18.2 Å². The van der Waals surface area contributed by atoms with Gasteiger partial charge in [-0.3, -0.25) is 9.88 Å². The molecule has 0 amide bonds. The van der Waals surface area contributed by atoms with Crippen molar-refractivity contribution in [2.75, 3.05) is 31.6 Å². The van der Waals surface area contributed by atoms with Gasteiger partial charge in [0.2, 0.25) is 0 Å². The fourth-order valence-electron chi connectivity index (χ4n) is 4.53. The van der Waals surface area contributed by atoms with Gasteiger partial charge >= 0.3 is 0 Å². The van der Waals surface area contributed by atoms with Crippen molar-refractivity contribution < 1.29 is 4.39 Å². The van der Waals surface area contributed by atoms with Crippen LogP contribution in [0.15, 0.2) is 58.5 Å². The second-order valence-electron chi connectivity index (χ2n) is 8.39. The maximum absolute atomic E-state index is 13.6. The normalized spacial score (nSPS) is 18.6. The van der Waals surface area contributed by atoms with Crippen LogP contribution in [0.25, 0.3) is 11.3 Å². The molecule has 3 aliphatic heterocycles. The maximum Gasteiger partial charge on any atom is 0.123 e. The molecule has 4 aliphatic rings. The number of aromatic nitrogens is 1. The van der Waals surface area contributed by atoms with E-state index in [0.29, 0.717) is 6.04 Å². The van der Waals surface area contributed by atoms with Crippen LogP contribution >= 0.6 is 34.0 Å². The molecular weight excluding hydrogens is 475 g/mol. The summed E-state index contributed by atoms with van der Waals surface area (Å²) in [6.45, 7) is 5.02. The Balaban J connectivity index is 0.00000259. The van der Waals surface area contributed by atoms with Crippen LogP contribution in [-0.2, 0) is 6.42 Å². The smallest absolute Gasteiger partial charge is 0.123 e. The van der Waals surface area contributed by atoms with Gasteiger partial charge in [-0.25, -0.2) is 9.38 Å². The second-order valence-corrected chi connectivity index (χ2v) is 10.6. The highest BCUT2D eigenvalue weighted by Crippen LogP contribution is 2.57. The molecule has 1 fully saturated rings. The Hall–Kier alpha value is -1.80. The molecule has 0 bridgehead atoms. The van der Waals surface area contributed by atoms with Crippen molar-refractivity contribution in [3.05, 3.63) is 60.0 Å². The van der Waals surface area contributed by atoms with Crippen LogP contribution in [0.4, 0.5) is 15.8 Å². The molecule has 33 heavy (non-hydrogen) atoms. The van der Waals surface area contributed by atoms with E-state index in [9.17, 15) is 4.39 Å². The molecule has 1 aromatic carbocycles. The molecule has 1 atom stereocenters. The first kappa shape index (κ1) is 24.3. The van der Waals surface area contributed by atoms with Crippen molar-refractivity contribution in [1.29, 1.82) is 0 Å². The summed E-state index contributed by atoms with van der Waals surface area (Å²) in [4.78, 5) is 16.1. The average Bonchev–Trinajstić information content (AvgIpc) is 2.93. The van der Waals surface area contributed by atoms with E-state index >= 15 is 0 Å². The van der Waals surface area contributed by atoms with Crippen LogP contribution < -0.4 is 4.90 Å². The summed E-state index contributed by atoms with van der Waals surface area (Å²) in [5, 5.41) is 1.17. The van der Waals surface area contributed by atoms with Gasteiger partial charge in [-0.2, -0.15) is 0 Å². The summed E-state index contributed by atoms with van der Waals surface area (Å²) < 4.78 is 13.6. The van der Waals surface area contributed by atoms with E-state index in [1.165, 1.54) is 27.3 Å². The van der Waals surface area contributed by atoms with Crippen LogP contribution in [0.1, 0.15) is 25.3 Å². The number of halogens is 2. The van der Waals surface area contributed by atoms with Crippen molar-refractivity contribution >= 4 is 50.4 Å². The fourth-order valence-corrected chi connectivity index (χ4v) is 6.94. The first-order valence-corrected chi connectivity index (χ1v) is 13.3. The second kappa shape index (κ2) is 10.6. The number of likely N-dealkylation sites (N-methyl/N-ethyl adjacent to an activating group) is 1. The van der Waals surface area contributed by atoms with E-state index in [2.05, 4.69) is 35.9 Å². The minimum absolute atomic E-state index is 0. The standard InChI is InChI=1S/C25H27FN4S2.ClH/c1-3-21-28-23-24(22-20(25(23)32-31-21)9-4-5-12-27-22)30-14-13-29(2)19(16-30)11-10-17-7-6-8-18(26)15-17;/h4-9,12,15,19H,3,10-11,13-14,16H2,1-2H3;1H. The number of benzene rings is 1. The Morgan fingerprint density at radius 3 is 2.82 bits per heavy atom. The molecule has 5 rings (SSSR count). The lowest BCUT2D eigenvalue weighted by Gasteiger charge is -2.41. The molecule has 4 nitrogen and oxygen atoms in total. The van der Waals surface area contributed by atoms with E-state index in [4.69, 9.17) is 9.98 Å². The summed E-state index contributed by atoms with van der Waals surface area (Å²) in [5.41, 5.74) is 5.56. The monoisotopic (exact) mass is 502 g/mol. The van der Waals surface area contributed by atoms with Gasteiger partial charge in [0.1, 0.15) is 11.5 Å². The van der Waals surface area contributed by atoms with Gasteiger partial charge in [0, 0.05) is 37.4 Å². The quantitative estimate of drug-likeness (QED) is 0.362. The van der Waals surface area contributed by atoms with E-state index < -0.39 is 0 Å². The maximum atomic E-state index is 13.6. The third-order valence-electron chi connectivity index (χ3n) is 6.34. The van der Waals surface area contributed by atoms with E-state index in [0.717, 1.165) is 55.8 Å². The van der Waals surface area contributed by atoms with Crippen molar-refractivity contribution in [3.8, 4) is 11.3 Å². The van der Waals surface area contributed by atoms with E-state index in [1.54, 1.807) is 22.9 Å². The van der Waals surface area contributed by atoms with Crippen molar-refractivity contribution in [2.24, 2.45) is 4.99 Å². The number of rotatable bonds is 5. The number of aryl methyl sites for hydroxylation is 1. The molecule has 0 aromatic heterocycles. The average molecular weight is 503 g/mol. The van der Waals surface area contributed by atoms with Crippen molar-refractivity contribution in [1.82, 2.24) is 9.88 Å². The zero-order valence-electron chi connectivity index (χ0n) is 18.8. The predicted molar refractivity (Wildman–Crippen MR) is 142 cm³/mol. The minimum Gasteiger partial charge on any atom is -0.365 e. The summed E-state index contributed by atoms with van der Waals surface area (Å²) in [6, 6.07) is 13.6. The van der Waals surface area contributed by atoms with Crippen LogP contribution in [-0.4, -0.2) is 47.7 Å². The molecule has 1 aromatic rings. The van der Waals surface area contributed by atoms with Gasteiger partial charge in [-0.1, -0.05) is 31.2 Å². The molecule has 1 unspecified atom stereocenters. The number of aliphatic imine (C=N–C) groups is 1. The van der Waals surface area contributed by atoms with Crippen LogP contribution in [0.5, 0.6) is 0 Å². The van der Waals surface area contributed by atoms with Gasteiger partial charge in [0.25, 0.3) is 0 Å². The molecular formula is C25H28ClFN4S2. The number of piperazine rings is 1. The topological polar surface area (TPSA) is 31.7 Å². The SMILES string of the molecule is CCC1=Nc2c(c3ccccnc-3c2N2CCN(C)C(CCc3cccc(F)c3)C2)SS1.Cl. The molecule has 8 heteroatoms. The molecule has 0 radical (unpaired) electrons. The summed E-state index contributed by atoms with van der Waals surface area (Å²) in [5.74, 6) is -0.157.